The number of hydrogen-bond acceptors (Lipinski definition) is 5. The van der Waals surface area contributed by atoms with E-state index < -0.39 is 5.97 Å². The van der Waals surface area contributed by atoms with E-state index in [4.69, 9.17) is 27.9 Å². The first kappa shape index (κ1) is 35.5. The molecule has 0 saturated carbocycles. The number of nitrogens with one attached hydrogen (secondary N) is 1. The maximum atomic E-state index is 15.1. The standard InChI is InChI=1S/C41H41Cl2N5O4/c1-22-16-30(17-23(2)37(22)43)52-15-6-8-32-33-9-10-34(42)36(35-25(4)45-46-26(35)5)38(33)48-14-7-13-47(40(49)39(32)48)29-19-27(18-28(20-29)41(50)51)31-11-12-44-21-24(31)3/h9-10,12,16-21,31H,6-8,11,13-15H2,1-5H3,(H,45,46)(H,50,51). The molecule has 2 aliphatic heterocycles. The largest absolute Gasteiger partial charge is 0.494 e. The average Bonchev–Trinajstić information content (AvgIpc) is 3.55. The Bertz CT molecular complexity index is 2270. The lowest BCUT2D eigenvalue weighted by Crippen LogP contribution is -2.32. The van der Waals surface area contributed by atoms with Gasteiger partial charge in [-0.2, -0.15) is 5.10 Å². The fourth-order valence-electron chi connectivity index (χ4n) is 7.79. The SMILES string of the molecule is CC1=CN=CCC1c1cc(C(=O)O)cc(N2CCCn3c(c(CCCOc4cc(C)c(Cl)c(C)c4)c4ccc(Cl)c(-c5c(C)n[nH]c5C)c43)C2=O)c1. The van der Waals surface area contributed by atoms with Crippen molar-refractivity contribution in [3.8, 4) is 16.9 Å². The van der Waals surface area contributed by atoms with Gasteiger partial charge >= 0.3 is 5.97 Å². The van der Waals surface area contributed by atoms with Crippen molar-refractivity contribution >= 4 is 57.9 Å². The number of amides is 1. The fourth-order valence-corrected chi connectivity index (χ4v) is 8.14. The van der Waals surface area contributed by atoms with E-state index in [0.29, 0.717) is 61.8 Å². The van der Waals surface area contributed by atoms with Crippen molar-refractivity contribution in [3.05, 3.63) is 109 Å². The Hall–Kier alpha value is -4.86. The molecule has 0 fully saturated rings. The van der Waals surface area contributed by atoms with Gasteiger partial charge in [-0.15, -0.1) is 0 Å². The van der Waals surface area contributed by atoms with E-state index in [1.54, 1.807) is 17.0 Å². The zero-order valence-electron chi connectivity index (χ0n) is 29.9. The number of benzene rings is 3. The molecule has 1 unspecified atom stereocenters. The third-order valence-electron chi connectivity index (χ3n) is 10.3. The lowest BCUT2D eigenvalue weighted by molar-refractivity contribution is 0.0696. The lowest BCUT2D eigenvalue weighted by atomic mass is 9.87. The van der Waals surface area contributed by atoms with Crippen LogP contribution < -0.4 is 9.64 Å². The van der Waals surface area contributed by atoms with Gasteiger partial charge < -0.3 is 19.3 Å². The first-order valence-corrected chi connectivity index (χ1v) is 18.3. The number of aromatic amines is 1. The molecule has 2 aliphatic rings. The molecule has 0 saturated heterocycles. The second-order valence-corrected chi connectivity index (χ2v) is 14.6. The number of H-pyrrole nitrogens is 1. The molecule has 0 radical (unpaired) electrons. The predicted octanol–water partition coefficient (Wildman–Crippen LogP) is 9.79. The highest BCUT2D eigenvalue weighted by atomic mass is 35.5. The van der Waals surface area contributed by atoms with Gasteiger partial charge in [0, 0.05) is 64.3 Å². The number of fused-ring (bicyclic) bond motifs is 3. The highest BCUT2D eigenvalue weighted by Gasteiger charge is 2.33. The van der Waals surface area contributed by atoms with Crippen LogP contribution in [0.2, 0.25) is 10.0 Å². The zero-order valence-corrected chi connectivity index (χ0v) is 31.5. The number of ether oxygens (including phenoxy) is 1. The fraction of sp³-hybridized carbons (Fsp3) is 0.317. The van der Waals surface area contributed by atoms with E-state index in [0.717, 1.165) is 72.0 Å². The molecule has 2 N–H and O–H groups in total. The van der Waals surface area contributed by atoms with E-state index in [9.17, 15) is 9.90 Å². The van der Waals surface area contributed by atoms with Crippen molar-refractivity contribution in [1.29, 1.82) is 0 Å². The molecule has 268 valence electrons. The Morgan fingerprint density at radius 1 is 1.02 bits per heavy atom. The number of carbonyl (C=O) groups excluding carboxylic acids is 1. The van der Waals surface area contributed by atoms with Crippen LogP contribution in [0.15, 0.2) is 59.2 Å². The molecule has 5 aromatic rings. The van der Waals surface area contributed by atoms with Gasteiger partial charge in [0.2, 0.25) is 0 Å². The molecule has 2 aromatic heterocycles. The molecule has 7 rings (SSSR count). The summed E-state index contributed by atoms with van der Waals surface area (Å²) < 4.78 is 8.33. The first-order chi connectivity index (χ1) is 24.9. The number of allylic oxidation sites excluding steroid dienone is 1. The van der Waals surface area contributed by atoms with Crippen LogP contribution in [0.1, 0.15) is 86.6 Å². The van der Waals surface area contributed by atoms with Gasteiger partial charge in [0.25, 0.3) is 5.91 Å². The average molecular weight is 739 g/mol. The molecule has 9 nitrogen and oxygen atoms in total. The van der Waals surface area contributed by atoms with Crippen LogP contribution in [0.25, 0.3) is 22.0 Å². The number of aromatic carboxylic acids is 1. The number of rotatable bonds is 9. The molecular formula is C41H41Cl2N5O4. The molecule has 0 bridgehead atoms. The number of aryl methyl sites for hydroxylation is 6. The molecule has 1 amide bonds. The number of nitrogens with zero attached hydrogens (tertiary/aromatic N) is 4. The molecule has 0 aliphatic carbocycles. The van der Waals surface area contributed by atoms with Gasteiger partial charge in [0.15, 0.2) is 0 Å². The Morgan fingerprint density at radius 2 is 1.79 bits per heavy atom. The van der Waals surface area contributed by atoms with Crippen LogP contribution in [0.4, 0.5) is 5.69 Å². The number of aliphatic imine (C=N–C) groups is 1. The number of hydrogen-bond donors (Lipinski definition) is 2. The summed E-state index contributed by atoms with van der Waals surface area (Å²) in [5, 5.41) is 20.0. The second kappa shape index (κ2) is 14.3. The maximum absolute atomic E-state index is 15.1. The summed E-state index contributed by atoms with van der Waals surface area (Å²) in [4.78, 5) is 33.5. The summed E-state index contributed by atoms with van der Waals surface area (Å²) in [6.07, 6.45) is 6.18. The first-order valence-electron chi connectivity index (χ1n) is 17.6. The normalized spacial score (nSPS) is 15.9. The monoisotopic (exact) mass is 737 g/mol. The summed E-state index contributed by atoms with van der Waals surface area (Å²) in [6, 6.07) is 13.1. The summed E-state index contributed by atoms with van der Waals surface area (Å²) >= 11 is 13.4. The van der Waals surface area contributed by atoms with Crippen LogP contribution in [-0.4, -0.2) is 51.1 Å². The molecule has 0 spiro atoms. The number of anilines is 1. The quantitative estimate of drug-likeness (QED) is 0.146. The van der Waals surface area contributed by atoms with Crippen molar-refractivity contribution < 1.29 is 19.4 Å². The molecule has 4 heterocycles. The van der Waals surface area contributed by atoms with Gasteiger partial charge in [0.05, 0.1) is 28.4 Å². The van der Waals surface area contributed by atoms with Crippen molar-refractivity contribution in [2.45, 2.75) is 72.8 Å². The van der Waals surface area contributed by atoms with Gasteiger partial charge in [-0.05, 0) is 125 Å². The predicted molar refractivity (Wildman–Crippen MR) is 208 cm³/mol. The minimum atomic E-state index is -1.04. The third-order valence-corrected chi connectivity index (χ3v) is 11.2. The third kappa shape index (κ3) is 6.41. The topological polar surface area (TPSA) is 113 Å². The maximum Gasteiger partial charge on any atom is 0.335 e. The van der Waals surface area contributed by atoms with Crippen LogP contribution in [0.5, 0.6) is 5.75 Å². The smallest absolute Gasteiger partial charge is 0.335 e. The summed E-state index contributed by atoms with van der Waals surface area (Å²) in [5.74, 6) is -0.491. The van der Waals surface area contributed by atoms with Crippen LogP contribution >= 0.6 is 23.2 Å². The Kier molecular flexibility index (Phi) is 9.76. The second-order valence-electron chi connectivity index (χ2n) is 13.9. The molecule has 3 aromatic carbocycles. The molecule has 1 atom stereocenters. The molecular weight excluding hydrogens is 697 g/mol. The highest BCUT2D eigenvalue weighted by molar-refractivity contribution is 6.35. The Labute approximate surface area is 312 Å². The van der Waals surface area contributed by atoms with Crippen molar-refractivity contribution in [1.82, 2.24) is 14.8 Å². The number of halogens is 2. The lowest BCUT2D eigenvalue weighted by Gasteiger charge is -2.25. The van der Waals surface area contributed by atoms with Crippen molar-refractivity contribution in [3.63, 3.8) is 0 Å². The number of carboxylic acid groups (broad SMARTS) is 1. The number of aromatic nitrogens is 3. The molecule has 11 heteroatoms. The van der Waals surface area contributed by atoms with Crippen LogP contribution in [0, 0.1) is 27.7 Å². The van der Waals surface area contributed by atoms with E-state index in [1.165, 1.54) is 0 Å². The van der Waals surface area contributed by atoms with Crippen LogP contribution in [-0.2, 0) is 13.0 Å². The van der Waals surface area contributed by atoms with E-state index in [2.05, 4.69) is 19.8 Å². The van der Waals surface area contributed by atoms with Gasteiger partial charge in [0.1, 0.15) is 11.4 Å². The summed E-state index contributed by atoms with van der Waals surface area (Å²) in [7, 11) is 0. The highest BCUT2D eigenvalue weighted by Crippen LogP contribution is 2.43. The minimum Gasteiger partial charge on any atom is -0.494 e. The van der Waals surface area contributed by atoms with Gasteiger partial charge in [-0.3, -0.25) is 14.9 Å². The van der Waals surface area contributed by atoms with Crippen LogP contribution in [0.3, 0.4) is 0 Å². The number of carboxylic acids is 1. The van der Waals surface area contributed by atoms with E-state index >= 15 is 4.79 Å². The number of carbonyl (C=O) groups is 2. The molecule has 52 heavy (non-hydrogen) atoms. The summed E-state index contributed by atoms with van der Waals surface area (Å²) in [6.45, 7) is 11.3. The van der Waals surface area contributed by atoms with Gasteiger partial charge in [-0.25, -0.2) is 4.79 Å². The Morgan fingerprint density at radius 3 is 2.48 bits per heavy atom. The van der Waals surface area contributed by atoms with Gasteiger partial charge in [-0.1, -0.05) is 29.3 Å². The van der Waals surface area contributed by atoms with E-state index in [-0.39, 0.29) is 17.4 Å². The minimum absolute atomic E-state index is 0.0287. The Balaban J connectivity index is 1.34. The van der Waals surface area contributed by atoms with E-state index in [1.807, 2.05) is 77.4 Å². The summed E-state index contributed by atoms with van der Waals surface area (Å²) in [5.41, 5.74) is 10.4. The van der Waals surface area contributed by atoms with Crippen molar-refractivity contribution in [2.24, 2.45) is 4.99 Å². The zero-order chi connectivity index (χ0) is 36.8. The van der Waals surface area contributed by atoms with Crippen molar-refractivity contribution in [2.75, 3.05) is 18.1 Å².